The molecule has 0 bridgehead atoms. The van der Waals surface area contributed by atoms with Gasteiger partial charge < -0.3 is 0 Å². The maximum atomic E-state index is 13.3. The topological polar surface area (TPSA) is 0 Å². The van der Waals surface area contributed by atoms with Crippen molar-refractivity contribution in [2.24, 2.45) is 0 Å². The van der Waals surface area contributed by atoms with E-state index in [2.05, 4.69) is 13.0 Å². The Kier molecular flexibility index (Phi) is 2.17. The number of fused-ring (bicyclic) bond motifs is 1. The standard InChI is InChI=1S/C12H13F/c1-2-9-6-7-11-10(8-9)4-3-5-12(11)13/h3-5,8H,2,6-7H2,1H3. The molecule has 2 rings (SSSR count). The van der Waals surface area contributed by atoms with Crippen LogP contribution in [0.5, 0.6) is 0 Å². The van der Waals surface area contributed by atoms with Crippen molar-refractivity contribution in [3.8, 4) is 0 Å². The molecule has 0 saturated heterocycles. The highest BCUT2D eigenvalue weighted by molar-refractivity contribution is 5.59. The molecule has 0 amide bonds. The molecule has 0 fully saturated rings. The van der Waals surface area contributed by atoms with Crippen molar-refractivity contribution in [2.45, 2.75) is 26.2 Å². The van der Waals surface area contributed by atoms with Crippen molar-refractivity contribution in [3.05, 3.63) is 40.7 Å². The van der Waals surface area contributed by atoms with E-state index in [4.69, 9.17) is 0 Å². The number of allylic oxidation sites excluding steroid dienone is 1. The molecule has 0 unspecified atom stereocenters. The van der Waals surface area contributed by atoms with Crippen LogP contribution in [0.15, 0.2) is 23.8 Å². The summed E-state index contributed by atoms with van der Waals surface area (Å²) in [6.45, 7) is 2.15. The molecule has 1 aliphatic rings. The van der Waals surface area contributed by atoms with Crippen molar-refractivity contribution in [1.29, 1.82) is 0 Å². The fraction of sp³-hybridized carbons (Fsp3) is 0.333. The second-order valence-electron chi connectivity index (χ2n) is 3.46. The molecule has 68 valence electrons. The molecular weight excluding hydrogens is 163 g/mol. The molecule has 1 heteroatoms. The van der Waals surface area contributed by atoms with Crippen LogP contribution < -0.4 is 0 Å². The van der Waals surface area contributed by atoms with E-state index in [-0.39, 0.29) is 5.82 Å². The van der Waals surface area contributed by atoms with Gasteiger partial charge in [0.15, 0.2) is 0 Å². The summed E-state index contributed by atoms with van der Waals surface area (Å²) in [7, 11) is 0. The number of rotatable bonds is 1. The Balaban J connectivity index is 2.47. The average molecular weight is 176 g/mol. The summed E-state index contributed by atoms with van der Waals surface area (Å²) >= 11 is 0. The van der Waals surface area contributed by atoms with E-state index in [9.17, 15) is 4.39 Å². The average Bonchev–Trinajstić information content (AvgIpc) is 2.18. The van der Waals surface area contributed by atoms with Crippen molar-refractivity contribution in [3.63, 3.8) is 0 Å². The maximum Gasteiger partial charge on any atom is 0.127 e. The highest BCUT2D eigenvalue weighted by Crippen LogP contribution is 2.26. The third kappa shape index (κ3) is 1.51. The van der Waals surface area contributed by atoms with Crippen LogP contribution in [0.25, 0.3) is 6.08 Å². The normalized spacial score (nSPS) is 15.1. The molecule has 0 N–H and O–H groups in total. The smallest absolute Gasteiger partial charge is 0.127 e. The number of halogens is 1. The van der Waals surface area contributed by atoms with Gasteiger partial charge in [-0.3, -0.25) is 0 Å². The summed E-state index contributed by atoms with van der Waals surface area (Å²) in [6, 6.07) is 5.32. The third-order valence-electron chi connectivity index (χ3n) is 2.66. The summed E-state index contributed by atoms with van der Waals surface area (Å²) in [5.41, 5.74) is 3.39. The molecule has 0 aliphatic heterocycles. The zero-order chi connectivity index (χ0) is 9.26. The second kappa shape index (κ2) is 3.33. The van der Waals surface area contributed by atoms with Gasteiger partial charge in [0.25, 0.3) is 0 Å². The van der Waals surface area contributed by atoms with Gasteiger partial charge in [0.1, 0.15) is 5.82 Å². The fourth-order valence-corrected chi connectivity index (χ4v) is 1.83. The minimum Gasteiger partial charge on any atom is -0.207 e. The SMILES string of the molecule is CCC1=Cc2cccc(F)c2CC1. The van der Waals surface area contributed by atoms with Crippen molar-refractivity contribution >= 4 is 6.08 Å². The lowest BCUT2D eigenvalue weighted by Gasteiger charge is -2.15. The maximum absolute atomic E-state index is 13.3. The van der Waals surface area contributed by atoms with E-state index in [1.54, 1.807) is 12.1 Å². The lowest BCUT2D eigenvalue weighted by Crippen LogP contribution is -2.01. The van der Waals surface area contributed by atoms with E-state index in [0.717, 1.165) is 30.4 Å². The van der Waals surface area contributed by atoms with Gasteiger partial charge in [0.05, 0.1) is 0 Å². The van der Waals surface area contributed by atoms with Gasteiger partial charge in [0, 0.05) is 0 Å². The van der Waals surface area contributed by atoms with Crippen molar-refractivity contribution in [1.82, 2.24) is 0 Å². The summed E-state index contributed by atoms with van der Waals surface area (Å²) in [5.74, 6) is -0.0519. The van der Waals surface area contributed by atoms with Gasteiger partial charge in [-0.25, -0.2) is 4.39 Å². The Morgan fingerprint density at radius 2 is 2.15 bits per heavy atom. The van der Waals surface area contributed by atoms with Crippen LogP contribution in [0.1, 0.15) is 30.9 Å². The molecule has 1 aromatic carbocycles. The van der Waals surface area contributed by atoms with Gasteiger partial charge in [-0.15, -0.1) is 0 Å². The first-order valence-corrected chi connectivity index (χ1v) is 4.78. The van der Waals surface area contributed by atoms with Crippen LogP contribution in [-0.2, 0) is 6.42 Å². The number of benzene rings is 1. The lowest BCUT2D eigenvalue weighted by atomic mass is 9.91. The Bertz CT molecular complexity index is 350. The lowest BCUT2D eigenvalue weighted by molar-refractivity contribution is 0.605. The van der Waals surface area contributed by atoms with Crippen LogP contribution in [-0.4, -0.2) is 0 Å². The zero-order valence-electron chi connectivity index (χ0n) is 7.81. The van der Waals surface area contributed by atoms with Crippen LogP contribution in [0, 0.1) is 5.82 Å². The summed E-state index contributed by atoms with van der Waals surface area (Å²) in [6.07, 6.45) is 5.09. The van der Waals surface area contributed by atoms with E-state index >= 15 is 0 Å². The van der Waals surface area contributed by atoms with Crippen LogP contribution in [0.4, 0.5) is 4.39 Å². The largest absolute Gasteiger partial charge is 0.207 e. The van der Waals surface area contributed by atoms with E-state index in [0.29, 0.717) is 0 Å². The first kappa shape index (κ1) is 8.49. The quantitative estimate of drug-likeness (QED) is 0.613. The van der Waals surface area contributed by atoms with Gasteiger partial charge in [-0.1, -0.05) is 30.7 Å². The van der Waals surface area contributed by atoms with E-state index in [1.807, 2.05) is 6.07 Å². The van der Waals surface area contributed by atoms with Gasteiger partial charge in [-0.2, -0.15) is 0 Å². The van der Waals surface area contributed by atoms with E-state index < -0.39 is 0 Å². The molecule has 13 heavy (non-hydrogen) atoms. The monoisotopic (exact) mass is 176 g/mol. The van der Waals surface area contributed by atoms with Crippen LogP contribution >= 0.6 is 0 Å². The number of hydrogen-bond donors (Lipinski definition) is 0. The Labute approximate surface area is 78.1 Å². The van der Waals surface area contributed by atoms with Gasteiger partial charge in [0.2, 0.25) is 0 Å². The Morgan fingerprint density at radius 1 is 1.31 bits per heavy atom. The van der Waals surface area contributed by atoms with Gasteiger partial charge in [-0.05, 0) is 36.5 Å². The highest BCUT2D eigenvalue weighted by atomic mass is 19.1. The molecule has 0 saturated carbocycles. The van der Waals surface area contributed by atoms with E-state index in [1.165, 1.54) is 5.57 Å². The van der Waals surface area contributed by atoms with Crippen molar-refractivity contribution in [2.75, 3.05) is 0 Å². The van der Waals surface area contributed by atoms with Gasteiger partial charge >= 0.3 is 0 Å². The Morgan fingerprint density at radius 3 is 2.92 bits per heavy atom. The van der Waals surface area contributed by atoms with Crippen LogP contribution in [0.3, 0.4) is 0 Å². The number of hydrogen-bond acceptors (Lipinski definition) is 0. The molecule has 0 spiro atoms. The molecule has 1 aliphatic carbocycles. The summed E-state index contributed by atoms with van der Waals surface area (Å²) in [4.78, 5) is 0. The van der Waals surface area contributed by atoms with Crippen LogP contribution in [0.2, 0.25) is 0 Å². The molecule has 0 atom stereocenters. The first-order valence-electron chi connectivity index (χ1n) is 4.78. The predicted octanol–water partition coefficient (Wildman–Crippen LogP) is 3.57. The molecule has 0 nitrogen and oxygen atoms in total. The molecule has 1 aromatic rings. The van der Waals surface area contributed by atoms with Crippen molar-refractivity contribution < 1.29 is 4.39 Å². The fourth-order valence-electron chi connectivity index (χ4n) is 1.83. The zero-order valence-corrected chi connectivity index (χ0v) is 7.81. The third-order valence-corrected chi connectivity index (χ3v) is 2.66. The predicted molar refractivity (Wildman–Crippen MR) is 53.0 cm³/mol. The minimum atomic E-state index is -0.0519. The second-order valence-corrected chi connectivity index (χ2v) is 3.46. The molecule has 0 heterocycles. The summed E-state index contributed by atoms with van der Waals surface area (Å²) in [5, 5.41) is 0. The highest BCUT2D eigenvalue weighted by Gasteiger charge is 2.12. The molecule has 0 aromatic heterocycles. The molecule has 0 radical (unpaired) electrons. The minimum absolute atomic E-state index is 0.0519. The first-order chi connectivity index (χ1) is 6.31. The summed E-state index contributed by atoms with van der Waals surface area (Å²) < 4.78 is 13.3. The molecular formula is C12H13F. The Hall–Kier alpha value is -1.11.